The van der Waals surface area contributed by atoms with Gasteiger partial charge in [-0.2, -0.15) is 0 Å². The first-order valence-corrected chi connectivity index (χ1v) is 2.82. The van der Waals surface area contributed by atoms with Crippen molar-refractivity contribution in [3.8, 4) is 0 Å². The van der Waals surface area contributed by atoms with E-state index in [1.54, 1.807) is 0 Å². The number of hydrogen-bond acceptors (Lipinski definition) is 5. The van der Waals surface area contributed by atoms with Crippen molar-refractivity contribution >= 4 is 5.78 Å². The summed E-state index contributed by atoms with van der Waals surface area (Å²) < 4.78 is 4.37. The van der Waals surface area contributed by atoms with E-state index < -0.39 is 24.3 Å². The Morgan fingerprint density at radius 3 is 2.50 bits per heavy atom. The highest BCUT2D eigenvalue weighted by molar-refractivity contribution is 5.86. The van der Waals surface area contributed by atoms with Crippen molar-refractivity contribution in [3.05, 3.63) is 0 Å². The molecule has 3 N–H and O–H groups in total. The van der Waals surface area contributed by atoms with Crippen molar-refractivity contribution in [2.45, 2.75) is 18.5 Å². The Labute approximate surface area is 56.9 Å². The van der Waals surface area contributed by atoms with Gasteiger partial charge in [-0.3, -0.25) is 4.79 Å². The molecule has 58 valence electrons. The molecule has 3 atom stereocenters. The molecule has 1 aliphatic rings. The Bertz CT molecular complexity index is 145. The molecule has 0 amide bonds. The highest BCUT2D eigenvalue weighted by Crippen LogP contribution is 2.08. The van der Waals surface area contributed by atoms with Gasteiger partial charge in [-0.05, 0) is 0 Å². The number of hydrogen-bond donors (Lipinski definition) is 3. The number of ketones is 1. The highest BCUT2D eigenvalue weighted by atomic mass is 16.6. The standard InChI is InChI=1S/C5H8O5/c6-2-1-10-5(9)4(8)3(2)7/h2-3,5-7,9H,1H2/t2-,3+,5+/m1/s1. The molecule has 0 spiro atoms. The zero-order valence-corrected chi connectivity index (χ0v) is 5.10. The molecule has 0 aromatic heterocycles. The highest BCUT2D eigenvalue weighted by Gasteiger charge is 2.35. The van der Waals surface area contributed by atoms with Gasteiger partial charge in [0.15, 0.2) is 0 Å². The number of carbonyl (C=O) groups excluding carboxylic acids is 1. The van der Waals surface area contributed by atoms with Gasteiger partial charge in [-0.25, -0.2) is 0 Å². The van der Waals surface area contributed by atoms with Crippen molar-refractivity contribution < 1.29 is 24.9 Å². The second-order valence-corrected chi connectivity index (χ2v) is 2.10. The Hall–Kier alpha value is -0.490. The summed E-state index contributed by atoms with van der Waals surface area (Å²) in [6.45, 7) is -0.214. The van der Waals surface area contributed by atoms with Gasteiger partial charge in [-0.1, -0.05) is 0 Å². The summed E-state index contributed by atoms with van der Waals surface area (Å²) in [6.07, 6.45) is -4.31. The van der Waals surface area contributed by atoms with Gasteiger partial charge in [0.2, 0.25) is 12.1 Å². The lowest BCUT2D eigenvalue weighted by molar-refractivity contribution is -0.196. The third-order valence-corrected chi connectivity index (χ3v) is 1.32. The second kappa shape index (κ2) is 2.63. The average Bonchev–Trinajstić information content (AvgIpc) is 1.93. The van der Waals surface area contributed by atoms with Crippen LogP contribution < -0.4 is 0 Å². The van der Waals surface area contributed by atoms with Crippen molar-refractivity contribution in [2.75, 3.05) is 6.61 Å². The maximum atomic E-state index is 10.6. The predicted octanol–water partition coefficient (Wildman–Crippen LogP) is -2.37. The summed E-state index contributed by atoms with van der Waals surface area (Å²) in [7, 11) is 0. The van der Waals surface area contributed by atoms with Gasteiger partial charge in [0.25, 0.3) is 0 Å². The molecule has 0 aromatic rings. The molecule has 1 rings (SSSR count). The van der Waals surface area contributed by atoms with Crippen LogP contribution in [-0.4, -0.2) is 46.2 Å². The second-order valence-electron chi connectivity index (χ2n) is 2.10. The van der Waals surface area contributed by atoms with Gasteiger partial charge in [-0.15, -0.1) is 0 Å². The SMILES string of the molecule is O=C1[C@@H](O)[C@H](O)CO[C@@H]1O. The predicted molar refractivity (Wildman–Crippen MR) is 29.0 cm³/mol. The molecule has 5 heteroatoms. The van der Waals surface area contributed by atoms with Crippen LogP contribution in [0.2, 0.25) is 0 Å². The maximum Gasteiger partial charge on any atom is 0.219 e. The smallest absolute Gasteiger partial charge is 0.219 e. The van der Waals surface area contributed by atoms with Crippen LogP contribution in [0.3, 0.4) is 0 Å². The van der Waals surface area contributed by atoms with E-state index in [1.807, 2.05) is 0 Å². The molecule has 0 aromatic carbocycles. The molecule has 10 heavy (non-hydrogen) atoms. The van der Waals surface area contributed by atoms with E-state index in [4.69, 9.17) is 15.3 Å². The Balaban J connectivity index is 2.60. The van der Waals surface area contributed by atoms with Crippen LogP contribution in [0.25, 0.3) is 0 Å². The first-order valence-electron chi connectivity index (χ1n) is 2.82. The minimum absolute atomic E-state index is 0.214. The molecule has 0 unspecified atom stereocenters. The maximum absolute atomic E-state index is 10.6. The fourth-order valence-corrected chi connectivity index (χ4v) is 0.699. The van der Waals surface area contributed by atoms with Crippen LogP contribution in [0.15, 0.2) is 0 Å². The topological polar surface area (TPSA) is 87.0 Å². The molecule has 1 saturated heterocycles. The molecule has 1 fully saturated rings. The fraction of sp³-hybridized carbons (Fsp3) is 0.800. The lowest BCUT2D eigenvalue weighted by Crippen LogP contribution is -2.49. The van der Waals surface area contributed by atoms with Gasteiger partial charge >= 0.3 is 0 Å². The zero-order valence-electron chi connectivity index (χ0n) is 5.10. The summed E-state index contributed by atoms with van der Waals surface area (Å²) in [5, 5.41) is 26.2. The largest absolute Gasteiger partial charge is 0.388 e. The molecular weight excluding hydrogens is 140 g/mol. The normalized spacial score (nSPS) is 41.9. The van der Waals surface area contributed by atoms with E-state index in [0.29, 0.717) is 0 Å². The molecule has 1 heterocycles. The lowest BCUT2D eigenvalue weighted by atomic mass is 10.1. The Kier molecular flexibility index (Phi) is 2.00. The number of aliphatic hydroxyl groups excluding tert-OH is 3. The minimum atomic E-state index is -1.58. The van der Waals surface area contributed by atoms with E-state index >= 15 is 0 Å². The van der Waals surface area contributed by atoms with Crippen molar-refractivity contribution in [2.24, 2.45) is 0 Å². The van der Waals surface area contributed by atoms with E-state index in [9.17, 15) is 4.79 Å². The molecule has 5 nitrogen and oxygen atoms in total. The first-order chi connectivity index (χ1) is 4.63. The van der Waals surface area contributed by atoms with Crippen LogP contribution in [0.4, 0.5) is 0 Å². The van der Waals surface area contributed by atoms with Crippen LogP contribution >= 0.6 is 0 Å². The number of ether oxygens (including phenoxy) is 1. The van der Waals surface area contributed by atoms with E-state index in [2.05, 4.69) is 4.74 Å². The lowest BCUT2D eigenvalue weighted by Gasteiger charge is -2.25. The fourth-order valence-electron chi connectivity index (χ4n) is 0.699. The summed E-state index contributed by atoms with van der Waals surface area (Å²) in [6, 6.07) is 0. The van der Waals surface area contributed by atoms with E-state index in [0.717, 1.165) is 0 Å². The van der Waals surface area contributed by atoms with Gasteiger partial charge in [0, 0.05) is 0 Å². The van der Waals surface area contributed by atoms with Crippen molar-refractivity contribution in [1.82, 2.24) is 0 Å². The van der Waals surface area contributed by atoms with E-state index in [1.165, 1.54) is 0 Å². The van der Waals surface area contributed by atoms with Crippen LogP contribution in [0, 0.1) is 0 Å². The zero-order chi connectivity index (χ0) is 7.72. The number of Topliss-reactive ketones (excluding diaryl/α,β-unsaturated/α-hetero) is 1. The van der Waals surface area contributed by atoms with Gasteiger partial charge < -0.3 is 20.1 Å². The van der Waals surface area contributed by atoms with Crippen LogP contribution in [-0.2, 0) is 9.53 Å². The average molecular weight is 148 g/mol. The summed E-state index contributed by atoms with van der Waals surface area (Å²) in [5.41, 5.74) is 0. The van der Waals surface area contributed by atoms with Gasteiger partial charge in [0.05, 0.1) is 6.61 Å². The molecule has 0 bridgehead atoms. The molecule has 0 radical (unpaired) electrons. The third-order valence-electron chi connectivity index (χ3n) is 1.32. The molecule has 0 saturated carbocycles. The van der Waals surface area contributed by atoms with Crippen molar-refractivity contribution in [3.63, 3.8) is 0 Å². The summed E-state index contributed by atoms with van der Waals surface area (Å²) >= 11 is 0. The first kappa shape index (κ1) is 7.62. The van der Waals surface area contributed by atoms with Gasteiger partial charge in [0.1, 0.15) is 12.2 Å². The molecule has 0 aliphatic carbocycles. The van der Waals surface area contributed by atoms with E-state index in [-0.39, 0.29) is 6.61 Å². The summed E-state index contributed by atoms with van der Waals surface area (Å²) in [5.74, 6) is -0.890. The monoisotopic (exact) mass is 148 g/mol. The summed E-state index contributed by atoms with van der Waals surface area (Å²) in [4.78, 5) is 10.6. The Morgan fingerprint density at radius 1 is 1.40 bits per heavy atom. The molecule has 1 aliphatic heterocycles. The number of aliphatic hydroxyl groups is 3. The quantitative estimate of drug-likeness (QED) is 0.357. The number of carbonyl (C=O) groups is 1. The minimum Gasteiger partial charge on any atom is -0.388 e. The number of rotatable bonds is 0. The van der Waals surface area contributed by atoms with Crippen LogP contribution in [0.1, 0.15) is 0 Å². The van der Waals surface area contributed by atoms with Crippen LogP contribution in [0.5, 0.6) is 0 Å². The van der Waals surface area contributed by atoms with Crippen molar-refractivity contribution in [1.29, 1.82) is 0 Å². The molecular formula is C5H8O5. The third kappa shape index (κ3) is 1.17. The Morgan fingerprint density at radius 2 is 2.00 bits per heavy atom.